The molecule has 1 atom stereocenters. The predicted octanol–water partition coefficient (Wildman–Crippen LogP) is 0.827. The van der Waals surface area contributed by atoms with Gasteiger partial charge in [0.2, 0.25) is 5.91 Å². The van der Waals surface area contributed by atoms with E-state index in [1.54, 1.807) is 18.2 Å². The van der Waals surface area contributed by atoms with E-state index in [0.29, 0.717) is 6.54 Å². The molecule has 0 bridgehead atoms. The van der Waals surface area contributed by atoms with Crippen LogP contribution in [0.4, 0.5) is 3.89 Å². The van der Waals surface area contributed by atoms with Crippen molar-refractivity contribution in [2.75, 3.05) is 12.3 Å². The van der Waals surface area contributed by atoms with Gasteiger partial charge in [0.05, 0.1) is 12.4 Å². The molecule has 1 aliphatic heterocycles. The maximum absolute atomic E-state index is 12.6. The van der Waals surface area contributed by atoms with Gasteiger partial charge in [-0.05, 0) is 11.1 Å². The molecule has 5 nitrogen and oxygen atoms in total. The van der Waals surface area contributed by atoms with E-state index >= 15 is 0 Å². The summed E-state index contributed by atoms with van der Waals surface area (Å²) in [6.45, 7) is 0.505. The van der Waals surface area contributed by atoms with Crippen molar-refractivity contribution < 1.29 is 22.2 Å². The van der Waals surface area contributed by atoms with Crippen LogP contribution in [0.5, 0.6) is 0 Å². The minimum Gasteiger partial charge on any atom is -0.392 e. The molecule has 1 unspecified atom stereocenters. The van der Waals surface area contributed by atoms with Crippen molar-refractivity contribution in [1.82, 2.24) is 4.90 Å². The molecule has 1 aromatic rings. The van der Waals surface area contributed by atoms with Gasteiger partial charge in [-0.25, -0.2) is 0 Å². The molecular formula is C13H16FNO4S. The van der Waals surface area contributed by atoms with Gasteiger partial charge >= 0.3 is 10.2 Å². The van der Waals surface area contributed by atoms with E-state index in [-0.39, 0.29) is 25.5 Å². The quantitative estimate of drug-likeness (QED) is 0.817. The molecule has 110 valence electrons. The van der Waals surface area contributed by atoms with Crippen molar-refractivity contribution in [1.29, 1.82) is 0 Å². The van der Waals surface area contributed by atoms with E-state index in [4.69, 9.17) is 5.11 Å². The van der Waals surface area contributed by atoms with Crippen LogP contribution in [0.25, 0.3) is 0 Å². The maximum Gasteiger partial charge on any atom is 0.302 e. The number of aliphatic hydroxyl groups excluding tert-OH is 1. The van der Waals surface area contributed by atoms with Crippen LogP contribution in [-0.4, -0.2) is 36.6 Å². The molecule has 0 saturated carbocycles. The molecule has 7 heteroatoms. The molecular weight excluding hydrogens is 285 g/mol. The van der Waals surface area contributed by atoms with Crippen molar-refractivity contribution in [2.24, 2.45) is 5.92 Å². The Bertz CT molecular complexity index is 602. The van der Waals surface area contributed by atoms with Crippen molar-refractivity contribution in [2.45, 2.75) is 19.6 Å². The summed E-state index contributed by atoms with van der Waals surface area (Å²) in [5.74, 6) is -1.27. The van der Waals surface area contributed by atoms with Crippen LogP contribution in [0.1, 0.15) is 17.5 Å². The second kappa shape index (κ2) is 5.88. The molecule has 1 fully saturated rings. The summed E-state index contributed by atoms with van der Waals surface area (Å²) in [5, 5.41) is 9.06. The molecule has 0 spiro atoms. The van der Waals surface area contributed by atoms with Gasteiger partial charge in [-0.3, -0.25) is 4.79 Å². The molecule has 1 amide bonds. The van der Waals surface area contributed by atoms with Gasteiger partial charge in [0.15, 0.2) is 0 Å². The summed E-state index contributed by atoms with van der Waals surface area (Å²) in [7, 11) is -4.55. The van der Waals surface area contributed by atoms with E-state index < -0.39 is 21.9 Å². The average Bonchev–Trinajstić information content (AvgIpc) is 2.67. The highest BCUT2D eigenvalue weighted by molar-refractivity contribution is 7.86. The zero-order chi connectivity index (χ0) is 14.8. The zero-order valence-electron chi connectivity index (χ0n) is 10.8. The largest absolute Gasteiger partial charge is 0.392 e. The van der Waals surface area contributed by atoms with Crippen LogP contribution in [0, 0.1) is 5.92 Å². The first kappa shape index (κ1) is 14.9. The van der Waals surface area contributed by atoms with Gasteiger partial charge in [-0.1, -0.05) is 24.3 Å². The van der Waals surface area contributed by atoms with E-state index in [2.05, 4.69) is 0 Å². The van der Waals surface area contributed by atoms with E-state index in [1.807, 2.05) is 6.07 Å². The standard InChI is InChI=1S/C13H16FNO4S/c14-20(18,19)9-12-5-13(17)15(7-12)6-10-2-1-3-11(4-10)8-16/h1-4,12,16H,5-9H2. The first-order valence-electron chi connectivity index (χ1n) is 6.26. The molecule has 1 aromatic carbocycles. The number of amides is 1. The molecule has 20 heavy (non-hydrogen) atoms. The van der Waals surface area contributed by atoms with Gasteiger partial charge in [-0.2, -0.15) is 8.42 Å². The Labute approximate surface area is 117 Å². The normalized spacial score (nSPS) is 19.6. The minimum atomic E-state index is -4.55. The number of carbonyl (C=O) groups is 1. The van der Waals surface area contributed by atoms with Crippen molar-refractivity contribution in [3.8, 4) is 0 Å². The Hall–Kier alpha value is -1.47. The monoisotopic (exact) mass is 301 g/mol. The van der Waals surface area contributed by atoms with Crippen LogP contribution in [0.15, 0.2) is 24.3 Å². The molecule has 1 saturated heterocycles. The molecule has 0 radical (unpaired) electrons. The van der Waals surface area contributed by atoms with Gasteiger partial charge in [0.1, 0.15) is 0 Å². The lowest BCUT2D eigenvalue weighted by atomic mass is 10.1. The summed E-state index contributed by atoms with van der Waals surface area (Å²) in [6.07, 6.45) is 0.0584. The molecule has 1 N–H and O–H groups in total. The summed E-state index contributed by atoms with van der Waals surface area (Å²) < 4.78 is 33.9. The van der Waals surface area contributed by atoms with Gasteiger partial charge in [0.25, 0.3) is 0 Å². The van der Waals surface area contributed by atoms with Crippen molar-refractivity contribution >= 4 is 16.1 Å². The number of benzene rings is 1. The summed E-state index contributed by atoms with van der Waals surface area (Å²) in [6, 6.07) is 7.16. The number of aliphatic hydroxyl groups is 1. The fourth-order valence-electron chi connectivity index (χ4n) is 2.45. The summed E-state index contributed by atoms with van der Waals surface area (Å²) in [5.41, 5.74) is 1.60. The van der Waals surface area contributed by atoms with E-state index in [9.17, 15) is 17.1 Å². The van der Waals surface area contributed by atoms with Crippen molar-refractivity contribution in [3.05, 3.63) is 35.4 Å². The second-order valence-electron chi connectivity index (χ2n) is 5.03. The lowest BCUT2D eigenvalue weighted by Gasteiger charge is -2.16. The van der Waals surface area contributed by atoms with Gasteiger partial charge in [0, 0.05) is 25.4 Å². The Kier molecular flexibility index (Phi) is 4.39. The average molecular weight is 301 g/mol. The molecule has 1 heterocycles. The number of hydrogen-bond donors (Lipinski definition) is 1. The van der Waals surface area contributed by atoms with Crippen LogP contribution in [0.2, 0.25) is 0 Å². The SMILES string of the molecule is O=C1CC(CS(=O)(=O)F)CN1Cc1cccc(CO)c1. The molecule has 0 aliphatic carbocycles. The maximum atomic E-state index is 12.6. The lowest BCUT2D eigenvalue weighted by Crippen LogP contribution is -2.25. The van der Waals surface area contributed by atoms with Crippen LogP contribution >= 0.6 is 0 Å². The number of likely N-dealkylation sites (tertiary alicyclic amines) is 1. The summed E-state index contributed by atoms with van der Waals surface area (Å²) >= 11 is 0. The highest BCUT2D eigenvalue weighted by Gasteiger charge is 2.32. The van der Waals surface area contributed by atoms with E-state index in [1.165, 1.54) is 4.90 Å². The summed E-state index contributed by atoms with van der Waals surface area (Å²) in [4.78, 5) is 13.3. The highest BCUT2D eigenvalue weighted by atomic mass is 32.3. The second-order valence-corrected chi connectivity index (χ2v) is 6.44. The smallest absolute Gasteiger partial charge is 0.302 e. The fraction of sp³-hybridized carbons (Fsp3) is 0.462. The lowest BCUT2D eigenvalue weighted by molar-refractivity contribution is -0.128. The third kappa shape index (κ3) is 4.01. The fourth-order valence-corrected chi connectivity index (χ4v) is 3.23. The van der Waals surface area contributed by atoms with Crippen LogP contribution in [-0.2, 0) is 28.2 Å². The number of halogens is 1. The Morgan fingerprint density at radius 2 is 2.05 bits per heavy atom. The first-order chi connectivity index (χ1) is 9.37. The minimum absolute atomic E-state index is 0.0584. The Balaban J connectivity index is 2.01. The Morgan fingerprint density at radius 1 is 1.35 bits per heavy atom. The third-order valence-corrected chi connectivity index (χ3v) is 4.15. The molecule has 0 aromatic heterocycles. The predicted molar refractivity (Wildman–Crippen MR) is 70.8 cm³/mol. The van der Waals surface area contributed by atoms with E-state index in [0.717, 1.165) is 11.1 Å². The van der Waals surface area contributed by atoms with Gasteiger partial charge in [-0.15, -0.1) is 3.89 Å². The highest BCUT2D eigenvalue weighted by Crippen LogP contribution is 2.22. The molecule has 2 rings (SSSR count). The number of nitrogens with zero attached hydrogens (tertiary/aromatic N) is 1. The van der Waals surface area contributed by atoms with Crippen LogP contribution < -0.4 is 0 Å². The number of hydrogen-bond acceptors (Lipinski definition) is 4. The van der Waals surface area contributed by atoms with Crippen molar-refractivity contribution in [3.63, 3.8) is 0 Å². The molecule has 1 aliphatic rings. The third-order valence-electron chi connectivity index (χ3n) is 3.28. The van der Waals surface area contributed by atoms with Gasteiger partial charge < -0.3 is 10.0 Å². The zero-order valence-corrected chi connectivity index (χ0v) is 11.6. The number of carbonyl (C=O) groups excluding carboxylic acids is 1. The number of rotatable bonds is 5. The topological polar surface area (TPSA) is 74.7 Å². The Morgan fingerprint density at radius 3 is 2.70 bits per heavy atom. The van der Waals surface area contributed by atoms with Crippen LogP contribution in [0.3, 0.4) is 0 Å². The first-order valence-corrected chi connectivity index (χ1v) is 7.81.